The van der Waals surface area contributed by atoms with Gasteiger partial charge in [0, 0.05) is 12.1 Å². The molecule has 0 radical (unpaired) electrons. The van der Waals surface area contributed by atoms with Crippen molar-refractivity contribution in [3.63, 3.8) is 0 Å². The molecule has 1 rings (SSSR count). The molecule has 0 spiro atoms. The van der Waals surface area contributed by atoms with Gasteiger partial charge in [-0.05, 0) is 26.7 Å². The predicted octanol–water partition coefficient (Wildman–Crippen LogP) is 0.651. The van der Waals surface area contributed by atoms with Crippen LogP contribution in [0.25, 0.3) is 0 Å². The zero-order valence-electron chi connectivity index (χ0n) is 5.57. The Morgan fingerprint density at radius 2 is 2.00 bits per heavy atom. The lowest BCUT2D eigenvalue weighted by Gasteiger charge is -2.07. The van der Waals surface area contributed by atoms with Crippen LogP contribution in [-0.4, -0.2) is 12.1 Å². The molecule has 2 nitrogen and oxygen atoms in total. The van der Waals surface area contributed by atoms with Crippen LogP contribution >= 0.6 is 0 Å². The maximum Gasteiger partial charge on any atom is 0.0214 e. The van der Waals surface area contributed by atoms with Crippen LogP contribution in [0, 0.1) is 0 Å². The Bertz CT molecular complexity index is 64.9. The molecule has 8 heavy (non-hydrogen) atoms. The van der Waals surface area contributed by atoms with Gasteiger partial charge in [0.05, 0.1) is 0 Å². The fraction of sp³-hybridized carbons (Fsp3) is 1.00. The minimum absolute atomic E-state index is 0.565. The second-order valence-corrected chi connectivity index (χ2v) is 2.72. The molecule has 2 N–H and O–H groups in total. The van der Waals surface area contributed by atoms with Crippen LogP contribution in [0.4, 0.5) is 0 Å². The van der Waals surface area contributed by atoms with Crippen molar-refractivity contribution in [1.29, 1.82) is 0 Å². The van der Waals surface area contributed by atoms with E-state index in [0.29, 0.717) is 6.04 Å². The average molecular weight is 114 g/mol. The lowest BCUT2D eigenvalue weighted by atomic mass is 10.4. The Morgan fingerprint density at radius 1 is 1.38 bits per heavy atom. The van der Waals surface area contributed by atoms with E-state index in [0.717, 1.165) is 6.04 Å². The molecule has 1 saturated carbocycles. The summed E-state index contributed by atoms with van der Waals surface area (Å²) in [4.78, 5) is 0. The van der Waals surface area contributed by atoms with E-state index in [4.69, 9.17) is 0 Å². The molecule has 0 aromatic heterocycles. The van der Waals surface area contributed by atoms with E-state index in [1.165, 1.54) is 12.8 Å². The molecule has 0 aliphatic heterocycles. The number of hydrazine groups is 1. The van der Waals surface area contributed by atoms with E-state index in [1.807, 2.05) is 0 Å². The zero-order chi connectivity index (χ0) is 5.98. The summed E-state index contributed by atoms with van der Waals surface area (Å²) in [5, 5.41) is 0. The normalized spacial score (nSPS) is 19.9. The minimum atomic E-state index is 0.565. The molecule has 0 aromatic carbocycles. The Balaban J connectivity index is 1.87. The van der Waals surface area contributed by atoms with Gasteiger partial charge in [0.15, 0.2) is 0 Å². The van der Waals surface area contributed by atoms with Gasteiger partial charge in [0.2, 0.25) is 0 Å². The fourth-order valence-electron chi connectivity index (χ4n) is 0.512. The van der Waals surface area contributed by atoms with Crippen molar-refractivity contribution in [2.45, 2.75) is 38.8 Å². The van der Waals surface area contributed by atoms with E-state index in [-0.39, 0.29) is 0 Å². The summed E-state index contributed by atoms with van der Waals surface area (Å²) in [6.45, 7) is 4.27. The number of nitrogens with one attached hydrogen (secondary N) is 2. The Morgan fingerprint density at radius 3 is 2.38 bits per heavy atom. The van der Waals surface area contributed by atoms with Gasteiger partial charge < -0.3 is 0 Å². The lowest BCUT2D eigenvalue weighted by molar-refractivity contribution is 0.469. The molecule has 0 saturated heterocycles. The van der Waals surface area contributed by atoms with Gasteiger partial charge in [-0.25, -0.2) is 0 Å². The van der Waals surface area contributed by atoms with Crippen molar-refractivity contribution in [2.75, 3.05) is 0 Å². The number of rotatable bonds is 3. The van der Waals surface area contributed by atoms with Crippen LogP contribution in [0.15, 0.2) is 0 Å². The Labute approximate surface area is 50.6 Å². The van der Waals surface area contributed by atoms with Crippen molar-refractivity contribution in [3.8, 4) is 0 Å². The lowest BCUT2D eigenvalue weighted by Crippen LogP contribution is -2.38. The van der Waals surface area contributed by atoms with Gasteiger partial charge >= 0.3 is 0 Å². The summed E-state index contributed by atoms with van der Waals surface area (Å²) < 4.78 is 0. The van der Waals surface area contributed by atoms with E-state index in [1.54, 1.807) is 0 Å². The van der Waals surface area contributed by atoms with Crippen molar-refractivity contribution in [3.05, 3.63) is 0 Å². The van der Waals surface area contributed by atoms with Crippen LogP contribution in [0.3, 0.4) is 0 Å². The highest BCUT2D eigenvalue weighted by molar-refractivity contribution is 4.79. The first kappa shape index (κ1) is 6.05. The third-order valence-electron chi connectivity index (χ3n) is 1.15. The first-order valence-electron chi connectivity index (χ1n) is 3.30. The minimum Gasteiger partial charge on any atom is -0.255 e. The largest absolute Gasteiger partial charge is 0.255 e. The first-order valence-corrected chi connectivity index (χ1v) is 3.30. The number of hydrogen-bond acceptors (Lipinski definition) is 2. The smallest absolute Gasteiger partial charge is 0.0214 e. The molecule has 0 bridgehead atoms. The second kappa shape index (κ2) is 2.46. The summed E-state index contributed by atoms with van der Waals surface area (Å²) in [5.74, 6) is 0. The maximum atomic E-state index is 3.21. The van der Waals surface area contributed by atoms with Crippen LogP contribution < -0.4 is 10.9 Å². The monoisotopic (exact) mass is 114 g/mol. The van der Waals surface area contributed by atoms with Gasteiger partial charge in [-0.2, -0.15) is 0 Å². The molecular formula is C6H14N2. The summed E-state index contributed by atoms with van der Waals surface area (Å²) in [5.41, 5.74) is 6.36. The van der Waals surface area contributed by atoms with Gasteiger partial charge in [-0.1, -0.05) is 0 Å². The Kier molecular flexibility index (Phi) is 1.86. The van der Waals surface area contributed by atoms with Gasteiger partial charge in [-0.3, -0.25) is 10.9 Å². The summed E-state index contributed by atoms with van der Waals surface area (Å²) in [6.07, 6.45) is 2.69. The molecule has 0 unspecified atom stereocenters. The molecule has 0 aromatic rings. The molecule has 1 fully saturated rings. The molecule has 0 amide bonds. The SMILES string of the molecule is CC(C)NNC1CC1. The summed E-state index contributed by atoms with van der Waals surface area (Å²) in [7, 11) is 0. The zero-order valence-corrected chi connectivity index (χ0v) is 5.57. The van der Waals surface area contributed by atoms with Crippen molar-refractivity contribution >= 4 is 0 Å². The third kappa shape index (κ3) is 2.28. The topological polar surface area (TPSA) is 24.1 Å². The second-order valence-electron chi connectivity index (χ2n) is 2.72. The van der Waals surface area contributed by atoms with E-state index in [2.05, 4.69) is 24.7 Å². The fourth-order valence-corrected chi connectivity index (χ4v) is 0.512. The Hall–Kier alpha value is -0.0800. The van der Waals surface area contributed by atoms with Crippen LogP contribution in [-0.2, 0) is 0 Å². The molecule has 0 atom stereocenters. The van der Waals surface area contributed by atoms with E-state index >= 15 is 0 Å². The van der Waals surface area contributed by atoms with Crippen LogP contribution in [0.5, 0.6) is 0 Å². The molecular weight excluding hydrogens is 100 g/mol. The first-order chi connectivity index (χ1) is 3.79. The predicted molar refractivity (Wildman–Crippen MR) is 34.4 cm³/mol. The van der Waals surface area contributed by atoms with Gasteiger partial charge in [0.1, 0.15) is 0 Å². The third-order valence-corrected chi connectivity index (χ3v) is 1.15. The van der Waals surface area contributed by atoms with Crippen molar-refractivity contribution in [1.82, 2.24) is 10.9 Å². The molecule has 1 aliphatic rings. The van der Waals surface area contributed by atoms with E-state index in [9.17, 15) is 0 Å². The highest BCUT2D eigenvalue weighted by Gasteiger charge is 2.19. The van der Waals surface area contributed by atoms with Crippen molar-refractivity contribution < 1.29 is 0 Å². The molecule has 48 valence electrons. The average Bonchev–Trinajstić information content (AvgIpc) is 2.41. The summed E-state index contributed by atoms with van der Waals surface area (Å²) in [6, 6.07) is 1.34. The van der Waals surface area contributed by atoms with Crippen LogP contribution in [0.2, 0.25) is 0 Å². The standard InChI is InChI=1S/C6H14N2/c1-5(2)7-8-6-3-4-6/h5-8H,3-4H2,1-2H3. The highest BCUT2D eigenvalue weighted by Crippen LogP contribution is 2.17. The van der Waals surface area contributed by atoms with Gasteiger partial charge in [0.25, 0.3) is 0 Å². The van der Waals surface area contributed by atoms with Gasteiger partial charge in [-0.15, -0.1) is 0 Å². The van der Waals surface area contributed by atoms with E-state index < -0.39 is 0 Å². The van der Waals surface area contributed by atoms with Crippen LogP contribution in [0.1, 0.15) is 26.7 Å². The quantitative estimate of drug-likeness (QED) is 0.526. The maximum absolute atomic E-state index is 3.21. The highest BCUT2D eigenvalue weighted by atomic mass is 15.4. The van der Waals surface area contributed by atoms with Crippen molar-refractivity contribution in [2.24, 2.45) is 0 Å². The molecule has 2 heteroatoms. The molecule has 1 aliphatic carbocycles. The number of hydrogen-bond donors (Lipinski definition) is 2. The molecule has 0 heterocycles. The summed E-state index contributed by atoms with van der Waals surface area (Å²) >= 11 is 0.